The van der Waals surface area contributed by atoms with Crippen molar-refractivity contribution >= 4 is 0 Å². The topological polar surface area (TPSA) is 32.7 Å². The molecule has 3 heteroatoms. The second-order valence-electron chi connectivity index (χ2n) is 5.55. The van der Waals surface area contributed by atoms with Gasteiger partial charge in [0.1, 0.15) is 11.5 Å². The molecular formula is C18H23NO2. The van der Waals surface area contributed by atoms with Gasteiger partial charge in [-0.3, -0.25) is 0 Å². The fraction of sp³-hybridized carbons (Fsp3) is 0.333. The summed E-state index contributed by atoms with van der Waals surface area (Å²) in [6.07, 6.45) is 0. The molecule has 2 aromatic carbocycles. The Morgan fingerprint density at radius 2 is 1.52 bits per heavy atom. The summed E-state index contributed by atoms with van der Waals surface area (Å²) in [6.45, 7) is 2.23. The van der Waals surface area contributed by atoms with Gasteiger partial charge in [0.2, 0.25) is 0 Å². The number of nitrogens with zero attached hydrogens (tertiary/aromatic N) is 1. The van der Waals surface area contributed by atoms with Crippen molar-refractivity contribution in [2.45, 2.75) is 13.0 Å². The van der Waals surface area contributed by atoms with Gasteiger partial charge in [0, 0.05) is 12.6 Å². The summed E-state index contributed by atoms with van der Waals surface area (Å²) in [5.74, 6) is 1.83. The maximum atomic E-state index is 9.41. The molecule has 1 N–H and O–H groups in total. The van der Waals surface area contributed by atoms with Crippen LogP contribution in [0.25, 0.3) is 0 Å². The molecule has 3 nitrogen and oxygen atoms in total. The molecule has 0 aliphatic heterocycles. The minimum absolute atomic E-state index is 0.172. The summed E-state index contributed by atoms with van der Waals surface area (Å²) >= 11 is 0. The fourth-order valence-corrected chi connectivity index (χ4v) is 2.59. The highest BCUT2D eigenvalue weighted by molar-refractivity contribution is 5.34. The molecule has 0 saturated carbocycles. The van der Waals surface area contributed by atoms with Gasteiger partial charge in [-0.1, -0.05) is 37.3 Å². The zero-order chi connectivity index (χ0) is 15.2. The van der Waals surface area contributed by atoms with Gasteiger partial charge in [-0.25, -0.2) is 0 Å². The Morgan fingerprint density at radius 1 is 0.952 bits per heavy atom. The van der Waals surface area contributed by atoms with Crippen LogP contribution >= 0.6 is 0 Å². The van der Waals surface area contributed by atoms with Crippen LogP contribution in [-0.4, -0.2) is 30.7 Å². The van der Waals surface area contributed by atoms with E-state index < -0.39 is 0 Å². The average Bonchev–Trinajstić information content (AvgIpc) is 2.49. The molecule has 0 amide bonds. The molecule has 2 unspecified atom stereocenters. The van der Waals surface area contributed by atoms with Crippen molar-refractivity contribution in [1.82, 2.24) is 4.90 Å². The van der Waals surface area contributed by atoms with Crippen LogP contribution in [0.3, 0.4) is 0 Å². The Balaban J connectivity index is 2.14. The molecule has 0 radical (unpaired) electrons. The van der Waals surface area contributed by atoms with Crippen LogP contribution in [0.5, 0.6) is 11.5 Å². The lowest BCUT2D eigenvalue weighted by Crippen LogP contribution is -2.27. The minimum Gasteiger partial charge on any atom is -0.457 e. The lowest BCUT2D eigenvalue weighted by Gasteiger charge is -2.29. The van der Waals surface area contributed by atoms with Gasteiger partial charge in [0.05, 0.1) is 0 Å². The van der Waals surface area contributed by atoms with E-state index in [-0.39, 0.29) is 18.6 Å². The van der Waals surface area contributed by atoms with Crippen molar-refractivity contribution in [2.75, 3.05) is 20.7 Å². The van der Waals surface area contributed by atoms with Crippen molar-refractivity contribution in [3.05, 3.63) is 60.2 Å². The summed E-state index contributed by atoms with van der Waals surface area (Å²) in [7, 11) is 4.07. The van der Waals surface area contributed by atoms with Crippen molar-refractivity contribution in [3.63, 3.8) is 0 Å². The quantitative estimate of drug-likeness (QED) is 0.878. The van der Waals surface area contributed by atoms with Crippen molar-refractivity contribution < 1.29 is 9.84 Å². The Morgan fingerprint density at radius 3 is 2.05 bits per heavy atom. The molecule has 112 valence electrons. The molecule has 0 aliphatic carbocycles. The Hall–Kier alpha value is -1.84. The standard InChI is InChI=1S/C18H23NO2/c1-14(13-20)18(19(2)3)15-9-11-17(12-10-15)21-16-7-5-4-6-8-16/h4-12,14,18,20H,13H2,1-3H3. The molecule has 0 saturated heterocycles. The Kier molecular flexibility index (Phi) is 5.37. The second-order valence-corrected chi connectivity index (χ2v) is 5.55. The molecule has 0 heterocycles. The number of aliphatic hydroxyl groups is 1. The minimum atomic E-state index is 0.172. The van der Waals surface area contributed by atoms with Gasteiger partial charge in [0.15, 0.2) is 0 Å². The number of hydrogen-bond donors (Lipinski definition) is 1. The highest BCUT2D eigenvalue weighted by atomic mass is 16.5. The molecule has 0 fully saturated rings. The van der Waals surface area contributed by atoms with E-state index in [1.807, 2.05) is 56.6 Å². The SMILES string of the molecule is CC(CO)C(c1ccc(Oc2ccccc2)cc1)N(C)C. The molecule has 0 spiro atoms. The van der Waals surface area contributed by atoms with Gasteiger partial charge in [-0.05, 0) is 49.8 Å². The van der Waals surface area contributed by atoms with Crippen LogP contribution in [-0.2, 0) is 0 Å². The summed E-state index contributed by atoms with van der Waals surface area (Å²) in [4.78, 5) is 2.13. The van der Waals surface area contributed by atoms with E-state index in [0.717, 1.165) is 11.5 Å². The third-order valence-corrected chi connectivity index (χ3v) is 3.58. The number of aliphatic hydroxyl groups excluding tert-OH is 1. The first-order chi connectivity index (χ1) is 10.1. The molecule has 2 rings (SSSR count). The first kappa shape index (κ1) is 15.5. The lowest BCUT2D eigenvalue weighted by atomic mass is 9.94. The van der Waals surface area contributed by atoms with E-state index in [2.05, 4.69) is 24.0 Å². The zero-order valence-electron chi connectivity index (χ0n) is 12.9. The van der Waals surface area contributed by atoms with E-state index >= 15 is 0 Å². The van der Waals surface area contributed by atoms with E-state index in [1.54, 1.807) is 0 Å². The predicted molar refractivity (Wildman–Crippen MR) is 85.6 cm³/mol. The third kappa shape index (κ3) is 4.06. The maximum Gasteiger partial charge on any atom is 0.127 e. The molecule has 0 bridgehead atoms. The monoisotopic (exact) mass is 285 g/mol. The first-order valence-corrected chi connectivity index (χ1v) is 7.22. The van der Waals surface area contributed by atoms with E-state index in [0.29, 0.717) is 0 Å². The molecule has 2 atom stereocenters. The number of rotatable bonds is 6. The van der Waals surface area contributed by atoms with Crippen LogP contribution in [0.4, 0.5) is 0 Å². The molecule has 2 aromatic rings. The van der Waals surface area contributed by atoms with E-state index in [1.165, 1.54) is 5.56 Å². The van der Waals surface area contributed by atoms with Crippen LogP contribution in [0.15, 0.2) is 54.6 Å². The smallest absolute Gasteiger partial charge is 0.127 e. The lowest BCUT2D eigenvalue weighted by molar-refractivity contribution is 0.145. The van der Waals surface area contributed by atoms with Crippen LogP contribution < -0.4 is 4.74 Å². The second kappa shape index (κ2) is 7.25. The fourth-order valence-electron chi connectivity index (χ4n) is 2.59. The van der Waals surface area contributed by atoms with Crippen molar-refractivity contribution in [2.24, 2.45) is 5.92 Å². The average molecular weight is 285 g/mol. The Bertz CT molecular complexity index is 537. The van der Waals surface area contributed by atoms with Gasteiger partial charge >= 0.3 is 0 Å². The van der Waals surface area contributed by atoms with Crippen molar-refractivity contribution in [3.8, 4) is 11.5 Å². The summed E-state index contributed by atoms with van der Waals surface area (Å²) in [6, 6.07) is 18.0. The number of para-hydroxylation sites is 1. The first-order valence-electron chi connectivity index (χ1n) is 7.22. The summed E-state index contributed by atoms with van der Waals surface area (Å²) < 4.78 is 5.80. The summed E-state index contributed by atoms with van der Waals surface area (Å²) in [5.41, 5.74) is 1.18. The third-order valence-electron chi connectivity index (χ3n) is 3.58. The van der Waals surface area contributed by atoms with Crippen LogP contribution in [0.1, 0.15) is 18.5 Å². The van der Waals surface area contributed by atoms with Gasteiger partial charge < -0.3 is 14.7 Å². The molecular weight excluding hydrogens is 262 g/mol. The van der Waals surface area contributed by atoms with Crippen LogP contribution in [0, 0.1) is 5.92 Å². The number of hydrogen-bond acceptors (Lipinski definition) is 3. The highest BCUT2D eigenvalue weighted by Crippen LogP contribution is 2.29. The molecule has 0 aliphatic rings. The van der Waals surface area contributed by atoms with Gasteiger partial charge in [-0.15, -0.1) is 0 Å². The zero-order valence-corrected chi connectivity index (χ0v) is 12.9. The number of ether oxygens (including phenoxy) is 1. The predicted octanol–water partition coefficient (Wildman–Crippen LogP) is 3.71. The van der Waals surface area contributed by atoms with Gasteiger partial charge in [0.25, 0.3) is 0 Å². The van der Waals surface area contributed by atoms with Crippen molar-refractivity contribution in [1.29, 1.82) is 0 Å². The molecule has 0 aromatic heterocycles. The Labute approximate surface area is 126 Å². The maximum absolute atomic E-state index is 9.41. The van der Waals surface area contributed by atoms with E-state index in [4.69, 9.17) is 4.74 Å². The van der Waals surface area contributed by atoms with Crippen LogP contribution in [0.2, 0.25) is 0 Å². The largest absolute Gasteiger partial charge is 0.457 e. The highest BCUT2D eigenvalue weighted by Gasteiger charge is 2.20. The normalized spacial score (nSPS) is 14.0. The summed E-state index contributed by atoms with van der Waals surface area (Å²) in [5, 5.41) is 9.41. The van der Waals surface area contributed by atoms with Gasteiger partial charge in [-0.2, -0.15) is 0 Å². The molecule has 21 heavy (non-hydrogen) atoms. The number of benzene rings is 2. The van der Waals surface area contributed by atoms with E-state index in [9.17, 15) is 5.11 Å².